The van der Waals surface area contributed by atoms with Gasteiger partial charge < -0.3 is 4.74 Å². The van der Waals surface area contributed by atoms with Gasteiger partial charge in [-0.1, -0.05) is 29.8 Å². The van der Waals surface area contributed by atoms with Crippen molar-refractivity contribution < 1.29 is 9.13 Å². The summed E-state index contributed by atoms with van der Waals surface area (Å²) in [6, 6.07) is 0. The van der Waals surface area contributed by atoms with Crippen LogP contribution >= 0.6 is 15.9 Å². The summed E-state index contributed by atoms with van der Waals surface area (Å²) < 4.78 is 18.3. The zero-order valence-corrected chi connectivity index (χ0v) is 7.77. The first-order chi connectivity index (χ1) is 4.66. The standard InChI is InChI=1S/C7H12BrFO/c1-3-5-4(2)6(9)7(8)10-5/h4-7H,3H2,1-2H3. The highest BCUT2D eigenvalue weighted by atomic mass is 79.9. The van der Waals surface area contributed by atoms with Crippen LogP contribution in [0, 0.1) is 5.92 Å². The van der Waals surface area contributed by atoms with Crippen LogP contribution in [-0.2, 0) is 4.74 Å². The molecule has 10 heavy (non-hydrogen) atoms. The highest BCUT2D eigenvalue weighted by molar-refractivity contribution is 9.09. The van der Waals surface area contributed by atoms with E-state index in [9.17, 15) is 4.39 Å². The third-order valence-electron chi connectivity index (χ3n) is 2.05. The summed E-state index contributed by atoms with van der Waals surface area (Å²) in [6.45, 7) is 3.90. The van der Waals surface area contributed by atoms with Crippen molar-refractivity contribution in [2.24, 2.45) is 5.92 Å². The number of alkyl halides is 2. The van der Waals surface area contributed by atoms with Gasteiger partial charge in [-0.2, -0.15) is 0 Å². The summed E-state index contributed by atoms with van der Waals surface area (Å²) >= 11 is 3.13. The van der Waals surface area contributed by atoms with E-state index < -0.39 is 6.17 Å². The molecule has 0 aromatic rings. The molecule has 1 fully saturated rings. The van der Waals surface area contributed by atoms with E-state index in [0.717, 1.165) is 6.42 Å². The average Bonchev–Trinajstić information content (AvgIpc) is 2.17. The molecule has 4 unspecified atom stereocenters. The predicted octanol–water partition coefficient (Wildman–Crippen LogP) is 2.49. The lowest BCUT2D eigenvalue weighted by molar-refractivity contribution is 0.0750. The Kier molecular flexibility index (Phi) is 2.69. The minimum Gasteiger partial charge on any atom is -0.360 e. The lowest BCUT2D eigenvalue weighted by Gasteiger charge is -2.10. The Bertz CT molecular complexity index is 120. The fraction of sp³-hybridized carbons (Fsp3) is 1.00. The van der Waals surface area contributed by atoms with Crippen LogP contribution in [0.3, 0.4) is 0 Å². The van der Waals surface area contributed by atoms with Gasteiger partial charge in [0.25, 0.3) is 0 Å². The lowest BCUT2D eigenvalue weighted by Crippen LogP contribution is -2.17. The number of ether oxygens (including phenoxy) is 1. The van der Waals surface area contributed by atoms with Gasteiger partial charge in [-0.3, -0.25) is 0 Å². The van der Waals surface area contributed by atoms with Crippen LogP contribution in [0.15, 0.2) is 0 Å². The highest BCUT2D eigenvalue weighted by Gasteiger charge is 2.39. The number of halogens is 2. The molecule has 60 valence electrons. The summed E-state index contributed by atoms with van der Waals surface area (Å²) in [5, 5.41) is -0.382. The molecule has 1 nitrogen and oxygen atoms in total. The van der Waals surface area contributed by atoms with E-state index in [4.69, 9.17) is 4.74 Å². The van der Waals surface area contributed by atoms with E-state index in [-0.39, 0.29) is 17.0 Å². The molecule has 0 N–H and O–H groups in total. The summed E-state index contributed by atoms with van der Waals surface area (Å²) in [6.07, 6.45) is 0.147. The van der Waals surface area contributed by atoms with Crippen LogP contribution in [0.1, 0.15) is 20.3 Å². The van der Waals surface area contributed by atoms with Gasteiger partial charge in [0.05, 0.1) is 6.10 Å². The first-order valence-electron chi connectivity index (χ1n) is 3.60. The van der Waals surface area contributed by atoms with Gasteiger partial charge in [0.15, 0.2) is 0 Å². The van der Waals surface area contributed by atoms with Crippen molar-refractivity contribution in [1.29, 1.82) is 0 Å². The van der Waals surface area contributed by atoms with Gasteiger partial charge >= 0.3 is 0 Å². The van der Waals surface area contributed by atoms with E-state index in [0.29, 0.717) is 0 Å². The van der Waals surface area contributed by atoms with Crippen LogP contribution in [0.5, 0.6) is 0 Å². The molecule has 0 amide bonds. The van der Waals surface area contributed by atoms with Crippen LogP contribution in [0.4, 0.5) is 4.39 Å². The highest BCUT2D eigenvalue weighted by Crippen LogP contribution is 2.33. The van der Waals surface area contributed by atoms with Gasteiger partial charge in [0, 0.05) is 5.92 Å². The van der Waals surface area contributed by atoms with Crippen LogP contribution in [0.2, 0.25) is 0 Å². The van der Waals surface area contributed by atoms with Gasteiger partial charge in [-0.05, 0) is 6.42 Å². The van der Waals surface area contributed by atoms with Crippen molar-refractivity contribution in [3.8, 4) is 0 Å². The third-order valence-corrected chi connectivity index (χ3v) is 2.77. The van der Waals surface area contributed by atoms with Crippen LogP contribution in [0.25, 0.3) is 0 Å². The monoisotopic (exact) mass is 210 g/mol. The first-order valence-corrected chi connectivity index (χ1v) is 4.52. The number of hydrogen-bond donors (Lipinski definition) is 0. The molecule has 0 bridgehead atoms. The SMILES string of the molecule is CCC1OC(Br)C(F)C1C. The van der Waals surface area contributed by atoms with Gasteiger partial charge in [-0.15, -0.1) is 0 Å². The van der Waals surface area contributed by atoms with Crippen molar-refractivity contribution in [2.75, 3.05) is 0 Å². The van der Waals surface area contributed by atoms with Gasteiger partial charge in [0.2, 0.25) is 0 Å². The Labute approximate surface area is 69.1 Å². The van der Waals surface area contributed by atoms with Crippen molar-refractivity contribution in [3.05, 3.63) is 0 Å². The lowest BCUT2D eigenvalue weighted by atomic mass is 10.0. The van der Waals surface area contributed by atoms with Gasteiger partial charge in [0.1, 0.15) is 11.2 Å². The van der Waals surface area contributed by atoms with Crippen molar-refractivity contribution in [3.63, 3.8) is 0 Å². The molecule has 1 heterocycles. The van der Waals surface area contributed by atoms with Crippen molar-refractivity contribution in [1.82, 2.24) is 0 Å². The largest absolute Gasteiger partial charge is 0.360 e. The predicted molar refractivity (Wildman–Crippen MR) is 41.9 cm³/mol. The first kappa shape index (κ1) is 8.47. The van der Waals surface area contributed by atoms with Crippen LogP contribution < -0.4 is 0 Å². The molecule has 0 radical (unpaired) electrons. The second kappa shape index (κ2) is 3.18. The average molecular weight is 211 g/mol. The molecule has 0 aliphatic carbocycles. The molecule has 1 aliphatic rings. The number of hydrogen-bond acceptors (Lipinski definition) is 1. The Balaban J connectivity index is 2.53. The fourth-order valence-corrected chi connectivity index (χ4v) is 2.04. The Hall–Kier alpha value is 0.370. The minimum atomic E-state index is -0.843. The molecule has 1 aliphatic heterocycles. The fourth-order valence-electron chi connectivity index (χ4n) is 1.28. The maximum atomic E-state index is 13.0. The molecule has 0 spiro atoms. The summed E-state index contributed by atoms with van der Waals surface area (Å²) in [5.41, 5.74) is 0. The van der Waals surface area contributed by atoms with E-state index in [1.54, 1.807) is 0 Å². The second-order valence-electron chi connectivity index (χ2n) is 2.74. The maximum Gasteiger partial charge on any atom is 0.144 e. The Morgan fingerprint density at radius 2 is 2.20 bits per heavy atom. The van der Waals surface area contributed by atoms with Gasteiger partial charge in [-0.25, -0.2) is 4.39 Å². The van der Waals surface area contributed by atoms with E-state index in [1.165, 1.54) is 0 Å². The molecule has 0 aromatic heterocycles. The second-order valence-corrected chi connectivity index (χ2v) is 3.64. The van der Waals surface area contributed by atoms with Crippen molar-refractivity contribution in [2.45, 2.75) is 37.6 Å². The maximum absolute atomic E-state index is 13.0. The molecular formula is C7H12BrFO. The summed E-state index contributed by atoms with van der Waals surface area (Å²) in [7, 11) is 0. The van der Waals surface area contributed by atoms with E-state index >= 15 is 0 Å². The van der Waals surface area contributed by atoms with E-state index in [1.807, 2.05) is 13.8 Å². The zero-order valence-electron chi connectivity index (χ0n) is 6.18. The van der Waals surface area contributed by atoms with E-state index in [2.05, 4.69) is 15.9 Å². The molecule has 4 atom stereocenters. The third kappa shape index (κ3) is 1.35. The topological polar surface area (TPSA) is 9.23 Å². The zero-order chi connectivity index (χ0) is 7.72. The van der Waals surface area contributed by atoms with Crippen molar-refractivity contribution >= 4 is 15.9 Å². The number of rotatable bonds is 1. The molecule has 3 heteroatoms. The minimum absolute atomic E-state index is 0.0365. The van der Waals surface area contributed by atoms with Crippen LogP contribution in [-0.4, -0.2) is 17.3 Å². The molecule has 0 saturated carbocycles. The normalized spacial score (nSPS) is 48.0. The molecule has 0 aromatic carbocycles. The molecule has 1 saturated heterocycles. The molecule has 1 rings (SSSR count). The summed E-state index contributed by atoms with van der Waals surface area (Å²) in [5.74, 6) is 0.0365. The molecular weight excluding hydrogens is 199 g/mol. The smallest absolute Gasteiger partial charge is 0.144 e. The quantitative estimate of drug-likeness (QED) is 0.605. The Morgan fingerprint density at radius 1 is 1.60 bits per heavy atom. The Morgan fingerprint density at radius 3 is 2.40 bits per heavy atom. The summed E-state index contributed by atoms with van der Waals surface area (Å²) in [4.78, 5) is 0.